The van der Waals surface area contributed by atoms with Gasteiger partial charge in [-0.1, -0.05) is 6.08 Å². The number of nitrogens with one attached hydrogen (secondary N) is 2. The molecule has 5 heterocycles. The third-order valence-corrected chi connectivity index (χ3v) is 5.41. The van der Waals surface area contributed by atoms with E-state index in [1.165, 1.54) is 5.57 Å². The van der Waals surface area contributed by atoms with Crippen LogP contribution in [0, 0.1) is 0 Å². The van der Waals surface area contributed by atoms with Crippen LogP contribution in [-0.2, 0) is 4.74 Å². The van der Waals surface area contributed by atoms with E-state index in [1.807, 2.05) is 55.8 Å². The predicted octanol–water partition coefficient (Wildman–Crippen LogP) is 4.98. The molecule has 1 aliphatic heterocycles. The Balaban J connectivity index is 1.37. The first-order chi connectivity index (χ1) is 15.4. The van der Waals surface area contributed by atoms with E-state index in [4.69, 9.17) is 4.74 Å². The molecule has 32 heavy (non-hydrogen) atoms. The molecule has 4 aromatic rings. The number of carbonyl (C=O) groups excluding carboxylic acids is 1. The minimum absolute atomic E-state index is 0.271. The zero-order chi connectivity index (χ0) is 22.3. The fourth-order valence-corrected chi connectivity index (χ4v) is 3.86. The highest BCUT2D eigenvalue weighted by Crippen LogP contribution is 2.30. The molecule has 0 saturated heterocycles. The van der Waals surface area contributed by atoms with Gasteiger partial charge in [0.1, 0.15) is 16.9 Å². The van der Waals surface area contributed by atoms with E-state index in [0.29, 0.717) is 13.1 Å². The maximum Gasteiger partial charge on any atom is 0.410 e. The lowest BCUT2D eigenvalue weighted by Gasteiger charge is -2.29. The van der Waals surface area contributed by atoms with Gasteiger partial charge in [-0.25, -0.2) is 14.8 Å². The van der Waals surface area contributed by atoms with Crippen molar-refractivity contribution in [1.29, 1.82) is 0 Å². The highest BCUT2D eigenvalue weighted by atomic mass is 16.6. The number of amides is 1. The number of hydrogen-bond donors (Lipinski definition) is 2. The number of hydrogen-bond acceptors (Lipinski definition) is 5. The Morgan fingerprint density at radius 3 is 2.84 bits per heavy atom. The summed E-state index contributed by atoms with van der Waals surface area (Å²) in [6, 6.07) is 8.08. The quantitative estimate of drug-likeness (QED) is 0.479. The van der Waals surface area contributed by atoms with Gasteiger partial charge in [0.15, 0.2) is 0 Å². The summed E-state index contributed by atoms with van der Waals surface area (Å²) in [5.41, 5.74) is 5.38. The van der Waals surface area contributed by atoms with Crippen LogP contribution in [0.5, 0.6) is 0 Å². The van der Waals surface area contributed by atoms with Crippen LogP contribution in [0.2, 0.25) is 0 Å². The van der Waals surface area contributed by atoms with Crippen LogP contribution in [0.4, 0.5) is 16.2 Å². The van der Waals surface area contributed by atoms with Crippen molar-refractivity contribution in [2.24, 2.45) is 0 Å². The fourth-order valence-electron chi connectivity index (χ4n) is 3.86. The number of ether oxygens (including phenoxy) is 1. The molecule has 1 aliphatic rings. The van der Waals surface area contributed by atoms with Crippen molar-refractivity contribution in [2.75, 3.05) is 18.4 Å². The molecule has 0 bridgehead atoms. The molecule has 0 fully saturated rings. The number of pyridine rings is 2. The minimum Gasteiger partial charge on any atom is -0.444 e. The Hall–Kier alpha value is -3.81. The second-order valence-electron chi connectivity index (χ2n) is 8.95. The van der Waals surface area contributed by atoms with Crippen LogP contribution in [0.1, 0.15) is 32.9 Å². The number of fused-ring (bicyclic) bond motifs is 2. The van der Waals surface area contributed by atoms with E-state index >= 15 is 0 Å². The molecular weight excluding hydrogens is 404 g/mol. The van der Waals surface area contributed by atoms with Gasteiger partial charge in [0, 0.05) is 49.0 Å². The summed E-state index contributed by atoms with van der Waals surface area (Å²) in [5.74, 6) is 0. The normalized spacial score (nSPS) is 14.6. The van der Waals surface area contributed by atoms with Crippen LogP contribution in [0.3, 0.4) is 0 Å². The summed E-state index contributed by atoms with van der Waals surface area (Å²) < 4.78 is 7.46. The smallest absolute Gasteiger partial charge is 0.410 e. The Kier molecular flexibility index (Phi) is 4.84. The zero-order valence-corrected chi connectivity index (χ0v) is 18.4. The SMILES string of the molecule is CC(C)(C)OC(=O)N1CC=C(c2cc3c(Nc4ccc5nccn5c4)ccnc3[nH]2)CC1. The lowest BCUT2D eigenvalue weighted by molar-refractivity contribution is 0.0270. The van der Waals surface area contributed by atoms with Gasteiger partial charge in [-0.05, 0) is 57.0 Å². The van der Waals surface area contributed by atoms with Crippen LogP contribution in [-0.4, -0.2) is 49.0 Å². The molecular formula is C24H26N6O2. The molecule has 4 aromatic heterocycles. The van der Waals surface area contributed by atoms with Gasteiger partial charge < -0.3 is 24.3 Å². The lowest BCUT2D eigenvalue weighted by atomic mass is 10.0. The van der Waals surface area contributed by atoms with E-state index < -0.39 is 5.60 Å². The maximum atomic E-state index is 12.3. The first kappa shape index (κ1) is 20.1. The Morgan fingerprint density at radius 1 is 1.19 bits per heavy atom. The number of aromatic amines is 1. The highest BCUT2D eigenvalue weighted by Gasteiger charge is 2.24. The fraction of sp³-hybridized carbons (Fsp3) is 0.292. The minimum atomic E-state index is -0.490. The molecule has 1 amide bonds. The maximum absolute atomic E-state index is 12.3. The van der Waals surface area contributed by atoms with Crippen molar-refractivity contribution in [2.45, 2.75) is 32.8 Å². The Labute approximate surface area is 185 Å². The number of H-pyrrole nitrogens is 1. The largest absolute Gasteiger partial charge is 0.444 e. The number of anilines is 2. The second kappa shape index (κ2) is 7.71. The molecule has 0 atom stereocenters. The van der Waals surface area contributed by atoms with Gasteiger partial charge in [0.25, 0.3) is 0 Å². The van der Waals surface area contributed by atoms with Crippen molar-refractivity contribution in [1.82, 2.24) is 24.3 Å². The van der Waals surface area contributed by atoms with Gasteiger partial charge in [0.2, 0.25) is 0 Å². The summed E-state index contributed by atoms with van der Waals surface area (Å²) in [4.78, 5) is 26.3. The monoisotopic (exact) mass is 430 g/mol. The molecule has 2 N–H and O–H groups in total. The predicted molar refractivity (Wildman–Crippen MR) is 125 cm³/mol. The molecule has 0 saturated carbocycles. The van der Waals surface area contributed by atoms with Crippen LogP contribution < -0.4 is 5.32 Å². The number of nitrogens with zero attached hydrogens (tertiary/aromatic N) is 4. The van der Waals surface area contributed by atoms with Crippen molar-refractivity contribution < 1.29 is 9.53 Å². The first-order valence-electron chi connectivity index (χ1n) is 10.7. The molecule has 8 nitrogen and oxygen atoms in total. The second-order valence-corrected chi connectivity index (χ2v) is 8.95. The summed E-state index contributed by atoms with van der Waals surface area (Å²) in [6.45, 7) is 6.80. The highest BCUT2D eigenvalue weighted by molar-refractivity contribution is 5.94. The lowest BCUT2D eigenvalue weighted by Crippen LogP contribution is -2.39. The first-order valence-corrected chi connectivity index (χ1v) is 10.7. The van der Waals surface area contributed by atoms with Gasteiger partial charge in [-0.2, -0.15) is 0 Å². The third kappa shape index (κ3) is 4.03. The Morgan fingerprint density at radius 2 is 2.06 bits per heavy atom. The third-order valence-electron chi connectivity index (χ3n) is 5.41. The summed E-state index contributed by atoms with van der Waals surface area (Å²) in [5, 5.41) is 4.51. The molecule has 0 unspecified atom stereocenters. The molecule has 0 radical (unpaired) electrons. The molecule has 0 aromatic carbocycles. The molecule has 8 heteroatoms. The van der Waals surface area contributed by atoms with Gasteiger partial charge in [-0.15, -0.1) is 0 Å². The van der Waals surface area contributed by atoms with Crippen molar-refractivity contribution in [3.8, 4) is 0 Å². The molecule has 5 rings (SSSR count). The van der Waals surface area contributed by atoms with Gasteiger partial charge in [0.05, 0.1) is 11.4 Å². The van der Waals surface area contributed by atoms with Crippen LogP contribution in [0.15, 0.2) is 55.1 Å². The van der Waals surface area contributed by atoms with Crippen LogP contribution in [0.25, 0.3) is 22.3 Å². The van der Waals surface area contributed by atoms with E-state index in [-0.39, 0.29) is 6.09 Å². The number of aromatic nitrogens is 4. The van der Waals surface area contributed by atoms with Crippen LogP contribution >= 0.6 is 0 Å². The topological polar surface area (TPSA) is 87.6 Å². The van der Waals surface area contributed by atoms with Crippen molar-refractivity contribution >= 4 is 39.7 Å². The van der Waals surface area contributed by atoms with E-state index in [1.54, 1.807) is 17.3 Å². The van der Waals surface area contributed by atoms with E-state index in [9.17, 15) is 4.79 Å². The average Bonchev–Trinajstić information content (AvgIpc) is 3.40. The standard InChI is InChI=1S/C24H26N6O2/c1-24(2,3)32-23(31)29-11-7-16(8-12-29)20-14-18-19(6-9-26-22(18)28-20)27-17-4-5-21-25-10-13-30(21)15-17/h4-7,9-10,13-15H,8,11-12H2,1-3H3,(H2,26,27,28). The van der Waals surface area contributed by atoms with E-state index in [0.717, 1.165) is 40.2 Å². The zero-order valence-electron chi connectivity index (χ0n) is 18.4. The molecule has 164 valence electrons. The van der Waals surface area contributed by atoms with Gasteiger partial charge >= 0.3 is 6.09 Å². The average molecular weight is 431 g/mol. The number of imidazole rings is 1. The number of carbonyl (C=O) groups is 1. The summed E-state index contributed by atoms with van der Waals surface area (Å²) >= 11 is 0. The van der Waals surface area contributed by atoms with E-state index in [2.05, 4.69) is 32.4 Å². The van der Waals surface area contributed by atoms with Crippen molar-refractivity contribution in [3.63, 3.8) is 0 Å². The van der Waals surface area contributed by atoms with Gasteiger partial charge in [-0.3, -0.25) is 0 Å². The molecule has 0 aliphatic carbocycles. The van der Waals surface area contributed by atoms with Crippen molar-refractivity contribution in [3.05, 3.63) is 60.8 Å². The number of rotatable bonds is 3. The summed E-state index contributed by atoms with van der Waals surface area (Å²) in [6.07, 6.45) is 10.1. The Bertz CT molecular complexity index is 1330. The molecule has 0 spiro atoms. The summed E-state index contributed by atoms with van der Waals surface area (Å²) in [7, 11) is 0.